The molecule has 140 valence electrons. The van der Waals surface area contributed by atoms with E-state index in [0.29, 0.717) is 17.4 Å². The lowest BCUT2D eigenvalue weighted by molar-refractivity contribution is -0.121. The number of fused-ring (bicyclic) bond motifs is 1. The molecule has 1 heterocycles. The second kappa shape index (κ2) is 8.95. The number of amides is 1. The molecular formula is C21H22BrN3O2. The van der Waals surface area contributed by atoms with Crippen LogP contribution in [0.5, 0.6) is 0 Å². The monoisotopic (exact) mass is 427 g/mol. The predicted octanol–water partition coefficient (Wildman–Crippen LogP) is 3.69. The standard InChI is InChI=1S/C21H22BrN3O2/c1-15(7-8-16-5-3-2-4-6-16)24-20(26)11-12-25-14-23-19-10-9-17(22)13-18(19)21(25)27/h2-6,9-10,13-15H,7-8,11-12H2,1H3,(H,24,26). The molecule has 0 fully saturated rings. The fraction of sp³-hybridized carbons (Fsp3) is 0.286. The lowest BCUT2D eigenvalue weighted by Crippen LogP contribution is -2.34. The van der Waals surface area contributed by atoms with Crippen LogP contribution in [0, 0.1) is 0 Å². The number of hydrogen-bond donors (Lipinski definition) is 1. The van der Waals surface area contributed by atoms with Crippen LogP contribution in [0.2, 0.25) is 0 Å². The van der Waals surface area contributed by atoms with Crippen molar-refractivity contribution < 1.29 is 4.79 Å². The Hall–Kier alpha value is -2.47. The highest BCUT2D eigenvalue weighted by Gasteiger charge is 2.10. The van der Waals surface area contributed by atoms with E-state index >= 15 is 0 Å². The number of aromatic nitrogens is 2. The van der Waals surface area contributed by atoms with Gasteiger partial charge in [-0.2, -0.15) is 0 Å². The minimum atomic E-state index is -0.133. The second-order valence-electron chi connectivity index (χ2n) is 6.65. The molecule has 3 aromatic rings. The molecule has 0 aliphatic rings. The maximum Gasteiger partial charge on any atom is 0.261 e. The van der Waals surface area contributed by atoms with Crippen molar-refractivity contribution in [2.45, 2.75) is 38.8 Å². The number of rotatable bonds is 7. The number of nitrogens with zero attached hydrogens (tertiary/aromatic N) is 2. The summed E-state index contributed by atoms with van der Waals surface area (Å²) in [5, 5.41) is 3.55. The highest BCUT2D eigenvalue weighted by atomic mass is 79.9. The first kappa shape index (κ1) is 19.3. The summed E-state index contributed by atoms with van der Waals surface area (Å²) < 4.78 is 2.32. The van der Waals surface area contributed by atoms with Crippen molar-refractivity contribution in [3.63, 3.8) is 0 Å². The Labute approximate surface area is 166 Å². The van der Waals surface area contributed by atoms with Crippen LogP contribution in [0.25, 0.3) is 10.9 Å². The fourth-order valence-electron chi connectivity index (χ4n) is 2.96. The number of aryl methyl sites for hydroxylation is 2. The SMILES string of the molecule is CC(CCc1ccccc1)NC(=O)CCn1cnc2ccc(Br)cc2c1=O. The van der Waals surface area contributed by atoms with Gasteiger partial charge >= 0.3 is 0 Å². The first-order chi connectivity index (χ1) is 13.0. The number of halogens is 1. The summed E-state index contributed by atoms with van der Waals surface area (Å²) in [4.78, 5) is 29.1. The van der Waals surface area contributed by atoms with Crippen LogP contribution in [-0.4, -0.2) is 21.5 Å². The Bertz CT molecular complexity index is 986. The van der Waals surface area contributed by atoms with E-state index < -0.39 is 0 Å². The van der Waals surface area contributed by atoms with E-state index in [9.17, 15) is 9.59 Å². The maximum absolute atomic E-state index is 12.5. The number of nitrogens with one attached hydrogen (secondary N) is 1. The molecule has 0 saturated carbocycles. The molecule has 0 bridgehead atoms. The third kappa shape index (κ3) is 5.26. The summed E-state index contributed by atoms with van der Waals surface area (Å²) in [5.41, 5.74) is 1.78. The third-order valence-corrected chi connectivity index (χ3v) is 4.98. The molecule has 0 aliphatic heterocycles. The molecule has 0 aliphatic carbocycles. The van der Waals surface area contributed by atoms with Crippen LogP contribution in [0.3, 0.4) is 0 Å². The topological polar surface area (TPSA) is 64.0 Å². The number of carbonyl (C=O) groups excluding carboxylic acids is 1. The van der Waals surface area contributed by atoms with Gasteiger partial charge in [-0.1, -0.05) is 46.3 Å². The Morgan fingerprint density at radius 1 is 1.22 bits per heavy atom. The highest BCUT2D eigenvalue weighted by Crippen LogP contribution is 2.14. The van der Waals surface area contributed by atoms with Crippen LogP contribution in [-0.2, 0) is 17.8 Å². The summed E-state index contributed by atoms with van der Waals surface area (Å²) >= 11 is 3.37. The summed E-state index contributed by atoms with van der Waals surface area (Å²) in [6, 6.07) is 15.7. The molecular weight excluding hydrogens is 406 g/mol. The van der Waals surface area contributed by atoms with Gasteiger partial charge in [0.2, 0.25) is 5.91 Å². The van der Waals surface area contributed by atoms with Crippen LogP contribution >= 0.6 is 15.9 Å². The minimum Gasteiger partial charge on any atom is -0.354 e. The summed E-state index contributed by atoms with van der Waals surface area (Å²) in [6.07, 6.45) is 3.55. The molecule has 27 heavy (non-hydrogen) atoms. The maximum atomic E-state index is 12.5. The van der Waals surface area contributed by atoms with Crippen molar-refractivity contribution in [3.05, 3.63) is 75.2 Å². The van der Waals surface area contributed by atoms with Gasteiger partial charge in [0.25, 0.3) is 5.56 Å². The summed E-state index contributed by atoms with van der Waals surface area (Å²) in [5.74, 6) is -0.0585. The summed E-state index contributed by atoms with van der Waals surface area (Å²) in [7, 11) is 0. The molecule has 0 saturated heterocycles. The smallest absolute Gasteiger partial charge is 0.261 e. The van der Waals surface area contributed by atoms with Gasteiger partial charge in [-0.05, 0) is 43.5 Å². The third-order valence-electron chi connectivity index (χ3n) is 4.48. The number of benzene rings is 2. The van der Waals surface area contributed by atoms with Gasteiger partial charge in [-0.15, -0.1) is 0 Å². The molecule has 0 radical (unpaired) electrons. The van der Waals surface area contributed by atoms with Gasteiger partial charge in [0.1, 0.15) is 0 Å². The van der Waals surface area contributed by atoms with Gasteiger partial charge in [0, 0.05) is 23.5 Å². The Balaban J connectivity index is 1.53. The van der Waals surface area contributed by atoms with E-state index in [4.69, 9.17) is 0 Å². The molecule has 1 aromatic heterocycles. The lowest BCUT2D eigenvalue weighted by Gasteiger charge is -2.14. The molecule has 5 nitrogen and oxygen atoms in total. The average molecular weight is 428 g/mol. The second-order valence-corrected chi connectivity index (χ2v) is 7.56. The van der Waals surface area contributed by atoms with E-state index in [2.05, 4.69) is 38.4 Å². The van der Waals surface area contributed by atoms with Crippen molar-refractivity contribution in [1.29, 1.82) is 0 Å². The first-order valence-corrected chi connectivity index (χ1v) is 9.80. The molecule has 3 rings (SSSR count). The van der Waals surface area contributed by atoms with Gasteiger partial charge in [-0.3, -0.25) is 14.2 Å². The van der Waals surface area contributed by atoms with Crippen LogP contribution in [0.15, 0.2) is 64.1 Å². The highest BCUT2D eigenvalue weighted by molar-refractivity contribution is 9.10. The van der Waals surface area contributed by atoms with Crippen LogP contribution < -0.4 is 10.9 Å². The van der Waals surface area contributed by atoms with E-state index in [1.165, 1.54) is 16.5 Å². The molecule has 1 N–H and O–H groups in total. The first-order valence-electron chi connectivity index (χ1n) is 9.01. The molecule has 1 unspecified atom stereocenters. The van der Waals surface area contributed by atoms with Gasteiger partial charge in [-0.25, -0.2) is 4.98 Å². The zero-order valence-electron chi connectivity index (χ0n) is 15.2. The molecule has 0 spiro atoms. The number of carbonyl (C=O) groups is 1. The Morgan fingerprint density at radius 2 is 2.00 bits per heavy atom. The Morgan fingerprint density at radius 3 is 2.78 bits per heavy atom. The molecule has 1 amide bonds. The van der Waals surface area contributed by atoms with Crippen LogP contribution in [0.1, 0.15) is 25.3 Å². The summed E-state index contributed by atoms with van der Waals surface area (Å²) in [6.45, 7) is 2.31. The fourth-order valence-corrected chi connectivity index (χ4v) is 3.32. The van der Waals surface area contributed by atoms with E-state index in [1.54, 1.807) is 12.1 Å². The zero-order chi connectivity index (χ0) is 19.2. The van der Waals surface area contributed by atoms with E-state index in [-0.39, 0.29) is 23.9 Å². The van der Waals surface area contributed by atoms with Crippen molar-refractivity contribution >= 4 is 32.7 Å². The molecule has 2 aromatic carbocycles. The number of hydrogen-bond acceptors (Lipinski definition) is 3. The zero-order valence-corrected chi connectivity index (χ0v) is 16.8. The average Bonchev–Trinajstić information content (AvgIpc) is 2.67. The molecule has 1 atom stereocenters. The van der Waals surface area contributed by atoms with Crippen molar-refractivity contribution in [3.8, 4) is 0 Å². The van der Waals surface area contributed by atoms with Crippen molar-refractivity contribution in [2.24, 2.45) is 0 Å². The predicted molar refractivity (Wildman–Crippen MR) is 111 cm³/mol. The molecule has 6 heteroatoms. The Kier molecular flexibility index (Phi) is 6.40. The van der Waals surface area contributed by atoms with Crippen molar-refractivity contribution in [1.82, 2.24) is 14.9 Å². The minimum absolute atomic E-state index is 0.0585. The normalized spacial score (nSPS) is 12.1. The van der Waals surface area contributed by atoms with E-state index in [1.807, 2.05) is 31.2 Å². The lowest BCUT2D eigenvalue weighted by atomic mass is 10.1. The van der Waals surface area contributed by atoms with Crippen molar-refractivity contribution in [2.75, 3.05) is 0 Å². The quantitative estimate of drug-likeness (QED) is 0.625. The largest absolute Gasteiger partial charge is 0.354 e. The van der Waals surface area contributed by atoms with Gasteiger partial charge in [0.05, 0.1) is 17.2 Å². The van der Waals surface area contributed by atoms with Gasteiger partial charge < -0.3 is 5.32 Å². The van der Waals surface area contributed by atoms with Crippen LogP contribution in [0.4, 0.5) is 0 Å². The van der Waals surface area contributed by atoms with Gasteiger partial charge in [0.15, 0.2) is 0 Å². The van der Waals surface area contributed by atoms with E-state index in [0.717, 1.165) is 17.3 Å².